The first-order valence-corrected chi connectivity index (χ1v) is 17.0. The van der Waals surface area contributed by atoms with E-state index in [2.05, 4.69) is 52.2 Å². The van der Waals surface area contributed by atoms with Crippen molar-refractivity contribution < 1.29 is 10.2 Å². The summed E-state index contributed by atoms with van der Waals surface area (Å²) >= 11 is 13.4. The molecule has 2 aliphatic carbocycles. The van der Waals surface area contributed by atoms with Crippen LogP contribution in [0.5, 0.6) is 0 Å². The van der Waals surface area contributed by atoms with Gasteiger partial charge in [0.2, 0.25) is 0 Å². The molecule has 0 atom stereocenters. The third-order valence-electron chi connectivity index (χ3n) is 6.23. The van der Waals surface area contributed by atoms with Crippen LogP contribution >= 0.6 is 23.2 Å². The van der Waals surface area contributed by atoms with Crippen molar-refractivity contribution in [3.8, 4) is 0 Å². The number of hydrogen-bond acceptors (Lipinski definition) is 2. The Morgan fingerprint density at radius 3 is 1.44 bits per heavy atom. The van der Waals surface area contributed by atoms with E-state index in [1.54, 1.807) is 0 Å². The van der Waals surface area contributed by atoms with E-state index >= 15 is 0 Å². The molecule has 0 bridgehead atoms. The minimum absolute atomic E-state index is 0.183. The van der Waals surface area contributed by atoms with E-state index in [1.807, 2.05) is 0 Å². The summed E-state index contributed by atoms with van der Waals surface area (Å²) in [6.07, 6.45) is 6.15. The third kappa shape index (κ3) is 4.41. The molecule has 0 aromatic heterocycles. The Bertz CT molecular complexity index is 668. The molecule has 6 heteroatoms. The molecule has 0 amide bonds. The second kappa shape index (κ2) is 8.33. The van der Waals surface area contributed by atoms with Gasteiger partial charge in [-0.3, -0.25) is 0 Å². The van der Waals surface area contributed by atoms with Gasteiger partial charge in [0.15, 0.2) is 0 Å². The summed E-state index contributed by atoms with van der Waals surface area (Å²) in [5.74, 6) is 0. The van der Waals surface area contributed by atoms with Crippen molar-refractivity contribution in [3.05, 3.63) is 43.8 Å². The SMILES string of the molecule is CC(C)(C1=CCC(Cl)=C1[Si](C)(C)CCO)C1=CCC(Cl)=C1[Si](C)(C)CCO. The topological polar surface area (TPSA) is 40.5 Å². The molecule has 2 nitrogen and oxygen atoms in total. The Balaban J connectivity index is 2.50. The van der Waals surface area contributed by atoms with Crippen LogP contribution in [0, 0.1) is 5.41 Å². The predicted octanol–water partition coefficient (Wildman–Crippen LogP) is 6.14. The Hall–Kier alpha value is -0.106. The lowest BCUT2D eigenvalue weighted by Gasteiger charge is -2.39. The number of halogens is 2. The van der Waals surface area contributed by atoms with Crippen LogP contribution in [0.4, 0.5) is 0 Å². The van der Waals surface area contributed by atoms with Gasteiger partial charge in [0.05, 0.1) is 16.1 Å². The second-order valence-electron chi connectivity index (χ2n) is 9.54. The highest BCUT2D eigenvalue weighted by molar-refractivity contribution is 6.87. The van der Waals surface area contributed by atoms with Crippen molar-refractivity contribution in [2.45, 2.75) is 65.0 Å². The van der Waals surface area contributed by atoms with E-state index in [0.717, 1.165) is 35.0 Å². The molecule has 0 radical (unpaired) electrons. The lowest BCUT2D eigenvalue weighted by Crippen LogP contribution is -2.38. The maximum absolute atomic E-state index is 9.59. The smallest absolute Gasteiger partial charge is 0.0848 e. The van der Waals surface area contributed by atoms with Gasteiger partial charge >= 0.3 is 0 Å². The molecule has 0 saturated carbocycles. The third-order valence-corrected chi connectivity index (χ3v) is 14.0. The van der Waals surface area contributed by atoms with Crippen LogP contribution in [0.25, 0.3) is 0 Å². The van der Waals surface area contributed by atoms with Crippen molar-refractivity contribution in [3.63, 3.8) is 0 Å². The van der Waals surface area contributed by atoms with Gasteiger partial charge in [-0.1, -0.05) is 75.4 Å². The van der Waals surface area contributed by atoms with Gasteiger partial charge in [-0.25, -0.2) is 0 Å². The van der Waals surface area contributed by atoms with Gasteiger partial charge in [-0.2, -0.15) is 0 Å². The Kier molecular flexibility index (Phi) is 7.15. The van der Waals surface area contributed by atoms with Gasteiger partial charge < -0.3 is 10.2 Å². The average Bonchev–Trinajstić information content (AvgIpc) is 3.11. The van der Waals surface area contributed by atoms with Gasteiger partial charge in [-0.15, -0.1) is 0 Å². The van der Waals surface area contributed by atoms with Crippen molar-refractivity contribution in [2.75, 3.05) is 13.2 Å². The number of aliphatic hydroxyl groups excluding tert-OH is 2. The Morgan fingerprint density at radius 2 is 1.15 bits per heavy atom. The van der Waals surface area contributed by atoms with Crippen LogP contribution in [-0.2, 0) is 0 Å². The summed E-state index contributed by atoms with van der Waals surface area (Å²) in [4.78, 5) is 0. The highest BCUT2D eigenvalue weighted by atomic mass is 35.5. The molecule has 0 unspecified atom stereocenters. The minimum Gasteiger partial charge on any atom is -0.397 e. The standard InChI is InChI=1S/C21H34Cl2O2Si2/c1-21(2,15-7-9-17(22)19(15)26(3,4)13-11-24)16-8-10-18(23)20(16)27(5,6)14-12-25/h7-8,24-25H,9-14H2,1-6H3. The molecule has 2 aliphatic rings. The van der Waals surface area contributed by atoms with Crippen molar-refractivity contribution in [2.24, 2.45) is 5.41 Å². The normalized spacial score (nSPS) is 19.2. The molecule has 152 valence electrons. The first-order chi connectivity index (χ1) is 12.4. The maximum Gasteiger partial charge on any atom is 0.0848 e. The number of aliphatic hydroxyl groups is 2. The van der Waals surface area contributed by atoms with Crippen molar-refractivity contribution >= 4 is 39.3 Å². The zero-order valence-electron chi connectivity index (χ0n) is 17.5. The van der Waals surface area contributed by atoms with Crippen LogP contribution < -0.4 is 0 Å². The van der Waals surface area contributed by atoms with Crippen LogP contribution in [-0.4, -0.2) is 39.6 Å². The molecule has 2 rings (SSSR count). The van der Waals surface area contributed by atoms with Crippen LogP contribution in [0.1, 0.15) is 26.7 Å². The Morgan fingerprint density at radius 1 is 0.815 bits per heavy atom. The Labute approximate surface area is 176 Å². The van der Waals surface area contributed by atoms with Gasteiger partial charge in [0.1, 0.15) is 0 Å². The summed E-state index contributed by atoms with van der Waals surface area (Å²) in [6.45, 7) is 14.2. The highest BCUT2D eigenvalue weighted by Crippen LogP contribution is 2.53. The van der Waals surface area contributed by atoms with E-state index in [1.165, 1.54) is 21.5 Å². The monoisotopic (exact) mass is 444 g/mol. The molecule has 0 fully saturated rings. The molecule has 0 spiro atoms. The van der Waals surface area contributed by atoms with Crippen molar-refractivity contribution in [1.82, 2.24) is 0 Å². The second-order valence-corrected chi connectivity index (χ2v) is 20.0. The zero-order chi connectivity index (χ0) is 20.6. The fraction of sp³-hybridized carbons (Fsp3) is 0.619. The molecular weight excluding hydrogens is 411 g/mol. The zero-order valence-corrected chi connectivity index (χ0v) is 21.1. The molecule has 0 aromatic rings. The van der Waals surface area contributed by atoms with Gasteiger partial charge in [0.25, 0.3) is 0 Å². The summed E-state index contributed by atoms with van der Waals surface area (Å²) in [5.41, 5.74) is 2.46. The van der Waals surface area contributed by atoms with Crippen molar-refractivity contribution in [1.29, 1.82) is 0 Å². The first kappa shape index (κ1) is 23.2. The highest BCUT2D eigenvalue weighted by Gasteiger charge is 2.44. The van der Waals surface area contributed by atoms with E-state index in [-0.39, 0.29) is 18.6 Å². The fourth-order valence-corrected chi connectivity index (χ4v) is 12.1. The fourth-order valence-electron chi connectivity index (χ4n) is 4.64. The minimum atomic E-state index is -1.83. The number of allylic oxidation sites excluding steroid dienone is 8. The van der Waals surface area contributed by atoms with E-state index in [4.69, 9.17) is 23.2 Å². The summed E-state index contributed by atoms with van der Waals surface area (Å²) in [7, 11) is -3.67. The van der Waals surface area contributed by atoms with Crippen LogP contribution in [0.2, 0.25) is 38.3 Å². The van der Waals surface area contributed by atoms with Crippen LogP contribution in [0.15, 0.2) is 43.8 Å². The largest absolute Gasteiger partial charge is 0.397 e. The number of hydrogen-bond donors (Lipinski definition) is 2. The lowest BCUT2D eigenvalue weighted by atomic mass is 9.77. The quantitative estimate of drug-likeness (QED) is 0.441. The molecule has 2 N–H and O–H groups in total. The molecule has 27 heavy (non-hydrogen) atoms. The average molecular weight is 446 g/mol. The molecule has 0 heterocycles. The molecule has 0 aromatic carbocycles. The summed E-state index contributed by atoms with van der Waals surface area (Å²) in [5, 5.41) is 23.7. The van der Waals surface area contributed by atoms with E-state index < -0.39 is 16.1 Å². The van der Waals surface area contributed by atoms with Crippen LogP contribution in [0.3, 0.4) is 0 Å². The molecule has 0 saturated heterocycles. The molecular formula is C21H34Cl2O2Si2. The van der Waals surface area contributed by atoms with Gasteiger partial charge in [-0.05, 0) is 33.6 Å². The first-order valence-electron chi connectivity index (χ1n) is 9.82. The summed E-state index contributed by atoms with van der Waals surface area (Å²) in [6, 6.07) is 1.64. The maximum atomic E-state index is 9.59. The van der Waals surface area contributed by atoms with E-state index in [0.29, 0.717) is 0 Å². The summed E-state index contributed by atoms with van der Waals surface area (Å²) < 4.78 is 0. The predicted molar refractivity (Wildman–Crippen MR) is 124 cm³/mol. The number of rotatable bonds is 8. The van der Waals surface area contributed by atoms with Gasteiger partial charge in [0, 0.05) is 41.5 Å². The van der Waals surface area contributed by atoms with E-state index in [9.17, 15) is 10.2 Å². The molecule has 0 aliphatic heterocycles. The lowest BCUT2D eigenvalue weighted by molar-refractivity contribution is 0.316.